The Bertz CT molecular complexity index is 2740. The summed E-state index contributed by atoms with van der Waals surface area (Å²) in [7, 11) is 0. The SMILES string of the molecule is c1ccc([As]2Cc3ccc4ccccc4c3-c3c(ccc4ccccc34)C2)cc1.c1ccc([As]2Cc3ccc4ccccc4c3-c3c(ccc4ccccc34)C2)cc1. The van der Waals surface area contributed by atoms with E-state index in [9.17, 15) is 0 Å². The van der Waals surface area contributed by atoms with Crippen LogP contribution in [0.4, 0.5) is 0 Å². The molecule has 0 atom stereocenters. The quantitative estimate of drug-likeness (QED) is 0.152. The zero-order valence-electron chi connectivity index (χ0n) is 32.4. The summed E-state index contributed by atoms with van der Waals surface area (Å²) in [5.74, 6) is 0. The monoisotopic (exact) mass is 864 g/mol. The Labute approximate surface area is 350 Å². The van der Waals surface area contributed by atoms with Gasteiger partial charge in [-0.25, -0.2) is 0 Å². The first kappa shape index (κ1) is 35.5. The standard InChI is InChI=1S/2C28H21As/c2*1-2-10-24(11-3-1)29-18-22-16-14-20-8-4-6-12-25(20)27(22)28-23(19-29)17-15-21-9-5-7-13-26(21)28/h2*1-17H,18-19H2. The van der Waals surface area contributed by atoms with Crippen LogP contribution in [0.25, 0.3) is 65.3 Å². The van der Waals surface area contributed by atoms with Gasteiger partial charge in [0.05, 0.1) is 0 Å². The topological polar surface area (TPSA) is 0 Å². The van der Waals surface area contributed by atoms with Gasteiger partial charge in [0.15, 0.2) is 0 Å². The molecule has 10 aromatic carbocycles. The van der Waals surface area contributed by atoms with E-state index in [4.69, 9.17) is 0 Å². The maximum absolute atomic E-state index is 2.40. The van der Waals surface area contributed by atoms with Gasteiger partial charge in [-0.3, -0.25) is 0 Å². The van der Waals surface area contributed by atoms with Crippen LogP contribution in [0.5, 0.6) is 0 Å². The second kappa shape index (κ2) is 15.3. The van der Waals surface area contributed by atoms with Crippen LogP contribution in [-0.4, -0.2) is 29.3 Å². The summed E-state index contributed by atoms with van der Waals surface area (Å²) in [4.78, 5) is 0. The van der Waals surface area contributed by atoms with Gasteiger partial charge in [-0.05, 0) is 0 Å². The summed E-state index contributed by atoms with van der Waals surface area (Å²) < 4.78 is 3.17. The summed E-state index contributed by atoms with van der Waals surface area (Å²) in [6.07, 6.45) is 0. The number of hydrogen-bond acceptors (Lipinski definition) is 0. The second-order valence-electron chi connectivity index (χ2n) is 15.7. The number of hydrogen-bond donors (Lipinski definition) is 0. The molecule has 0 fully saturated rings. The van der Waals surface area contributed by atoms with Gasteiger partial charge in [0.1, 0.15) is 0 Å². The average Bonchev–Trinajstić information content (AvgIpc) is 3.59. The molecule has 0 nitrogen and oxygen atoms in total. The Morgan fingerprint density at radius 1 is 0.224 bits per heavy atom. The van der Waals surface area contributed by atoms with E-state index in [-0.39, 0.29) is 0 Å². The van der Waals surface area contributed by atoms with Crippen molar-refractivity contribution < 1.29 is 0 Å². The normalized spacial score (nSPS) is 13.8. The minimum absolute atomic E-state index is 1.22. The Balaban J connectivity index is 0.000000133. The van der Waals surface area contributed by atoms with E-state index in [2.05, 4.69) is 206 Å². The van der Waals surface area contributed by atoms with E-state index in [1.54, 1.807) is 8.70 Å². The van der Waals surface area contributed by atoms with Crippen LogP contribution in [0.1, 0.15) is 22.3 Å². The van der Waals surface area contributed by atoms with Gasteiger partial charge < -0.3 is 0 Å². The molecule has 0 unspecified atom stereocenters. The molecule has 2 heteroatoms. The van der Waals surface area contributed by atoms with Crippen molar-refractivity contribution in [2.24, 2.45) is 0 Å². The molecule has 0 radical (unpaired) electrons. The fraction of sp³-hybridized carbons (Fsp3) is 0.0714. The van der Waals surface area contributed by atoms with Crippen LogP contribution in [0, 0.1) is 0 Å². The van der Waals surface area contributed by atoms with Gasteiger partial charge in [-0.1, -0.05) is 0 Å². The fourth-order valence-corrected chi connectivity index (χ4v) is 19.7. The van der Waals surface area contributed by atoms with Crippen LogP contribution >= 0.6 is 0 Å². The van der Waals surface area contributed by atoms with Crippen molar-refractivity contribution in [3.05, 3.63) is 229 Å². The van der Waals surface area contributed by atoms with E-state index in [1.165, 1.54) is 108 Å². The molecule has 2 aliphatic heterocycles. The van der Waals surface area contributed by atoms with Crippen molar-refractivity contribution in [2.75, 3.05) is 0 Å². The molecule has 0 spiro atoms. The zero-order valence-corrected chi connectivity index (χ0v) is 36.1. The summed E-state index contributed by atoms with van der Waals surface area (Å²) in [6.45, 7) is 0. The van der Waals surface area contributed by atoms with Crippen molar-refractivity contribution >= 4 is 81.1 Å². The van der Waals surface area contributed by atoms with Crippen molar-refractivity contribution in [2.45, 2.75) is 20.8 Å². The molecule has 0 saturated carbocycles. The third kappa shape index (κ3) is 6.41. The van der Waals surface area contributed by atoms with Gasteiger partial charge in [-0.2, -0.15) is 0 Å². The Morgan fingerprint density at radius 3 is 0.741 bits per heavy atom. The summed E-state index contributed by atoms with van der Waals surface area (Å²) in [5, 5.41) is 15.8. The molecule has 0 amide bonds. The summed E-state index contributed by atoms with van der Waals surface area (Å²) in [5.41, 5.74) is 12.0. The molecule has 276 valence electrons. The van der Waals surface area contributed by atoms with Crippen LogP contribution in [0.2, 0.25) is 0 Å². The molecule has 0 aliphatic carbocycles. The first-order valence-corrected chi connectivity index (χ1v) is 27.6. The molecule has 0 bridgehead atoms. The number of benzene rings is 10. The first-order valence-electron chi connectivity index (χ1n) is 20.4. The predicted octanol–water partition coefficient (Wildman–Crippen LogP) is 12.5. The molecule has 2 aliphatic rings. The average molecular weight is 865 g/mol. The Kier molecular flexibility index (Phi) is 9.35. The molecule has 0 aromatic heterocycles. The third-order valence-electron chi connectivity index (χ3n) is 12.2. The molecule has 10 aromatic rings. The summed E-state index contributed by atoms with van der Waals surface area (Å²) >= 11 is -2.50. The van der Waals surface area contributed by atoms with Crippen molar-refractivity contribution in [3.8, 4) is 22.3 Å². The van der Waals surface area contributed by atoms with E-state index >= 15 is 0 Å². The molecule has 12 rings (SSSR count). The Hall–Kier alpha value is -5.64. The van der Waals surface area contributed by atoms with E-state index in [0.29, 0.717) is 0 Å². The van der Waals surface area contributed by atoms with Crippen molar-refractivity contribution in [3.63, 3.8) is 0 Å². The molecular weight excluding hydrogens is 822 g/mol. The van der Waals surface area contributed by atoms with Gasteiger partial charge >= 0.3 is 353 Å². The van der Waals surface area contributed by atoms with Crippen molar-refractivity contribution in [1.29, 1.82) is 0 Å². The second-order valence-corrected chi connectivity index (χ2v) is 25.0. The Morgan fingerprint density at radius 2 is 0.466 bits per heavy atom. The number of fused-ring (bicyclic) bond motifs is 14. The van der Waals surface area contributed by atoms with Crippen LogP contribution in [-0.2, 0) is 20.8 Å². The van der Waals surface area contributed by atoms with Crippen LogP contribution in [0.15, 0.2) is 206 Å². The first-order chi connectivity index (χ1) is 28.8. The molecule has 58 heavy (non-hydrogen) atoms. The fourth-order valence-electron chi connectivity index (χ4n) is 9.55. The molecule has 2 heterocycles. The minimum atomic E-state index is -1.25. The van der Waals surface area contributed by atoms with Gasteiger partial charge in [0.2, 0.25) is 0 Å². The molecule has 0 saturated heterocycles. The van der Waals surface area contributed by atoms with Gasteiger partial charge in [0, 0.05) is 0 Å². The van der Waals surface area contributed by atoms with Gasteiger partial charge in [-0.15, -0.1) is 0 Å². The maximum atomic E-state index is 2.40. The molecular formula is C56H42As2. The van der Waals surface area contributed by atoms with E-state index in [1.807, 2.05) is 0 Å². The van der Waals surface area contributed by atoms with Crippen LogP contribution in [0.3, 0.4) is 0 Å². The van der Waals surface area contributed by atoms with Crippen LogP contribution < -0.4 is 8.70 Å². The summed E-state index contributed by atoms with van der Waals surface area (Å²) in [6, 6.07) is 77.0. The van der Waals surface area contributed by atoms with E-state index < -0.39 is 29.3 Å². The van der Waals surface area contributed by atoms with Crippen molar-refractivity contribution in [1.82, 2.24) is 0 Å². The third-order valence-corrected chi connectivity index (χ3v) is 22.6. The molecule has 0 N–H and O–H groups in total. The van der Waals surface area contributed by atoms with Gasteiger partial charge in [0.25, 0.3) is 0 Å². The zero-order chi connectivity index (χ0) is 38.4. The predicted molar refractivity (Wildman–Crippen MR) is 252 cm³/mol. The van der Waals surface area contributed by atoms with E-state index in [0.717, 1.165) is 0 Å². The number of rotatable bonds is 2.